The van der Waals surface area contributed by atoms with Gasteiger partial charge < -0.3 is 0 Å². The van der Waals surface area contributed by atoms with Gasteiger partial charge in [0, 0.05) is 0 Å². The summed E-state index contributed by atoms with van der Waals surface area (Å²) >= 11 is 1.64. The van der Waals surface area contributed by atoms with Crippen LogP contribution in [0.2, 0.25) is 0 Å². The van der Waals surface area contributed by atoms with E-state index < -0.39 is 7.49 Å². The summed E-state index contributed by atoms with van der Waals surface area (Å²) in [7, 11) is -2.36. The molecule has 3 rings (SSSR count). The first-order valence-electron chi connectivity index (χ1n) is 7.92. The van der Waals surface area contributed by atoms with Crippen LogP contribution in [0.1, 0.15) is 10.4 Å². The Morgan fingerprint density at radius 1 is 1.12 bits per heavy atom. The predicted octanol–water partition coefficient (Wildman–Crippen LogP) is 3.79. The molecule has 4 N–H and O–H groups in total. The number of rotatable bonds is 4. The molecule has 0 bridgehead atoms. The number of carbonyl (C=O) groups is 1. The van der Waals surface area contributed by atoms with Crippen molar-refractivity contribution in [1.82, 2.24) is 0 Å². The molecule has 1 amide bonds. The molecule has 130 valence electrons. The maximum absolute atomic E-state index is 12.5. The summed E-state index contributed by atoms with van der Waals surface area (Å²) in [5, 5.41) is 5.78. The summed E-state index contributed by atoms with van der Waals surface area (Å²) < 4.78 is 0. The molecule has 1 heterocycles. The van der Waals surface area contributed by atoms with Gasteiger partial charge in [-0.3, -0.25) is 0 Å². The molecule has 0 aliphatic heterocycles. The third-order valence-electron chi connectivity index (χ3n) is 3.96. The van der Waals surface area contributed by atoms with Crippen LogP contribution in [-0.4, -0.2) is 24.1 Å². The van der Waals surface area contributed by atoms with Gasteiger partial charge in [-0.05, 0) is 0 Å². The van der Waals surface area contributed by atoms with E-state index in [1.165, 1.54) is 0 Å². The first kappa shape index (κ1) is 17.6. The third kappa shape index (κ3) is 4.07. The molecule has 0 spiro atoms. The van der Waals surface area contributed by atoms with Crippen LogP contribution in [0.5, 0.6) is 0 Å². The molecule has 6 heteroatoms. The molecule has 0 aliphatic carbocycles. The van der Waals surface area contributed by atoms with Gasteiger partial charge >= 0.3 is 151 Å². The number of nitrogen functional groups attached to an aromatic ring is 1. The van der Waals surface area contributed by atoms with E-state index in [1.807, 2.05) is 55.1 Å². The van der Waals surface area contributed by atoms with Crippen LogP contribution in [-0.2, 0) is 0 Å². The fraction of sp³-hybridized carbons (Fsp3) is 0.105. The molecule has 25 heavy (non-hydrogen) atoms. The number of hydrogen-bond acceptors (Lipinski definition) is 4. The molecule has 0 fully saturated rings. The predicted molar refractivity (Wildman–Crippen MR) is 111 cm³/mol. The Morgan fingerprint density at radius 2 is 1.84 bits per heavy atom. The first-order chi connectivity index (χ1) is 11.8. The summed E-state index contributed by atoms with van der Waals surface area (Å²) in [6.07, 6.45) is 0. The van der Waals surface area contributed by atoms with Crippen LogP contribution in [0.15, 0.2) is 60.0 Å². The van der Waals surface area contributed by atoms with Crippen LogP contribution in [0.4, 0.5) is 11.4 Å². The van der Waals surface area contributed by atoms with Crippen LogP contribution in [0.3, 0.4) is 0 Å². The van der Waals surface area contributed by atoms with Crippen LogP contribution in [0.25, 0.3) is 10.4 Å². The van der Waals surface area contributed by atoms with Crippen molar-refractivity contribution < 1.29 is 9.69 Å². The third-order valence-corrected chi connectivity index (χ3v) is 6.63. The fourth-order valence-electron chi connectivity index (χ4n) is 2.48. The van der Waals surface area contributed by atoms with Crippen molar-refractivity contribution in [3.63, 3.8) is 0 Å². The number of hydrogen-bond donors (Lipinski definition) is 3. The molecule has 0 saturated carbocycles. The van der Waals surface area contributed by atoms with Gasteiger partial charge in [-0.1, -0.05) is 0 Å². The second-order valence-corrected chi connectivity index (χ2v) is 11.0. The number of carbonyl (C=O) groups excluding carboxylic acids is 1. The van der Waals surface area contributed by atoms with Gasteiger partial charge in [-0.25, -0.2) is 0 Å². The monoisotopic (exact) mass is 372 g/mol. The van der Waals surface area contributed by atoms with Crippen LogP contribution in [0, 0.1) is 0 Å². The van der Waals surface area contributed by atoms with E-state index in [9.17, 15) is 9.69 Å². The minimum atomic E-state index is -2.36. The summed E-state index contributed by atoms with van der Waals surface area (Å²) in [5.41, 5.74) is 8.68. The molecule has 0 saturated heterocycles. The van der Waals surface area contributed by atoms with Gasteiger partial charge in [0.1, 0.15) is 0 Å². The van der Waals surface area contributed by atoms with Crippen LogP contribution >= 0.6 is 18.8 Å². The zero-order valence-electron chi connectivity index (χ0n) is 14.1. The quantitative estimate of drug-likeness (QED) is 0.482. The number of anilines is 2. The molecular weight excluding hydrogens is 351 g/mol. The number of nitrogens with one attached hydrogen (secondary N) is 1. The first-order valence-corrected chi connectivity index (χ1v) is 11.7. The molecule has 0 aliphatic rings. The van der Waals surface area contributed by atoms with Gasteiger partial charge in [-0.15, -0.1) is 0 Å². The average molecular weight is 372 g/mol. The van der Waals surface area contributed by atoms with Gasteiger partial charge in [0.05, 0.1) is 0 Å². The van der Waals surface area contributed by atoms with Crippen molar-refractivity contribution in [2.24, 2.45) is 0 Å². The van der Waals surface area contributed by atoms with Crippen molar-refractivity contribution in [3.05, 3.63) is 65.5 Å². The molecule has 0 atom stereocenters. The van der Waals surface area contributed by atoms with E-state index in [1.54, 1.807) is 29.5 Å². The van der Waals surface area contributed by atoms with E-state index in [-0.39, 0.29) is 5.91 Å². The second kappa shape index (κ2) is 6.96. The van der Waals surface area contributed by atoms with E-state index >= 15 is 0 Å². The summed E-state index contributed by atoms with van der Waals surface area (Å²) in [4.78, 5) is 23.8. The van der Waals surface area contributed by atoms with Gasteiger partial charge in [0.15, 0.2) is 0 Å². The molecule has 4 nitrogen and oxygen atoms in total. The second-order valence-electron chi connectivity index (χ2n) is 6.37. The summed E-state index contributed by atoms with van der Waals surface area (Å²) in [6, 6.07) is 16.7. The number of nitrogens with two attached hydrogens (primary N) is 1. The Bertz CT molecular complexity index is 885. The molecular formula is C19H21N2O2PS. The average Bonchev–Trinajstić information content (AvgIpc) is 3.10. The Balaban J connectivity index is 1.82. The van der Waals surface area contributed by atoms with Crippen LogP contribution < -0.4 is 16.4 Å². The zero-order chi connectivity index (χ0) is 18.0. The molecule has 3 aromatic rings. The topological polar surface area (TPSA) is 75.3 Å². The maximum atomic E-state index is 12.5. The SMILES string of the molecule is C[PH](C)(O)c1ccc(C(=O)Nc2cc(-c3cccs3)ccc2N)cc1. The fourth-order valence-corrected chi connectivity index (χ4v) is 4.19. The van der Waals surface area contributed by atoms with E-state index in [0.717, 1.165) is 15.7 Å². The Labute approximate surface area is 151 Å². The molecule has 0 unspecified atom stereocenters. The summed E-state index contributed by atoms with van der Waals surface area (Å²) in [6.45, 7) is 3.69. The Morgan fingerprint density at radius 3 is 2.44 bits per heavy atom. The van der Waals surface area contributed by atoms with Gasteiger partial charge in [-0.2, -0.15) is 0 Å². The van der Waals surface area contributed by atoms with E-state index in [2.05, 4.69) is 5.32 Å². The zero-order valence-corrected chi connectivity index (χ0v) is 15.9. The van der Waals surface area contributed by atoms with Crippen molar-refractivity contribution >= 4 is 41.4 Å². The Kier molecular flexibility index (Phi) is 4.91. The van der Waals surface area contributed by atoms with Gasteiger partial charge in [0.2, 0.25) is 0 Å². The molecule has 1 aromatic heterocycles. The standard InChI is InChI=1S/C19H21N2O2PS/c1-24(2,23)15-8-5-13(6-9-15)19(22)21-17-12-14(7-10-16(17)20)18-4-3-11-25-18/h3-12,23-24H,20H2,1-2H3,(H,21,22). The van der Waals surface area contributed by atoms with Crippen molar-refractivity contribution in [3.8, 4) is 10.4 Å². The number of amides is 1. The van der Waals surface area contributed by atoms with Gasteiger partial charge in [0.25, 0.3) is 0 Å². The van der Waals surface area contributed by atoms with Crippen molar-refractivity contribution in [2.75, 3.05) is 24.4 Å². The Hall–Kier alpha value is -2.20. The number of thiophene rings is 1. The normalized spacial score (nSPS) is 12.0. The van der Waals surface area contributed by atoms with Crippen molar-refractivity contribution in [1.29, 1.82) is 0 Å². The molecule has 0 radical (unpaired) electrons. The number of benzene rings is 2. The van der Waals surface area contributed by atoms with Crippen molar-refractivity contribution in [2.45, 2.75) is 0 Å². The molecule has 2 aromatic carbocycles. The van der Waals surface area contributed by atoms with E-state index in [0.29, 0.717) is 16.9 Å². The minimum absolute atomic E-state index is 0.223. The summed E-state index contributed by atoms with van der Waals surface area (Å²) in [5.74, 6) is -0.223. The van der Waals surface area contributed by atoms with E-state index in [4.69, 9.17) is 5.73 Å².